The molecule has 0 atom stereocenters. The molecule has 0 bridgehead atoms. The summed E-state index contributed by atoms with van der Waals surface area (Å²) in [6.07, 6.45) is 0. The molecule has 3 N–H and O–H groups in total. The number of thiocarbonyl (C=S) groups is 1. The predicted molar refractivity (Wildman–Crippen MR) is 100 cm³/mol. The Morgan fingerprint density at radius 2 is 2.04 bits per heavy atom. The molecule has 8 heteroatoms. The van der Waals surface area contributed by atoms with Crippen LogP contribution < -0.4 is 25.2 Å². The minimum atomic E-state index is -0.118. The van der Waals surface area contributed by atoms with Crippen LogP contribution in [0.25, 0.3) is 10.9 Å². The molecule has 0 amide bonds. The van der Waals surface area contributed by atoms with Gasteiger partial charge in [0, 0.05) is 24.1 Å². The van der Waals surface area contributed by atoms with Gasteiger partial charge in [-0.15, -0.1) is 0 Å². The number of pyridine rings is 1. The van der Waals surface area contributed by atoms with Gasteiger partial charge in [0.15, 0.2) is 16.6 Å². The molecule has 0 unspecified atom stereocenters. The van der Waals surface area contributed by atoms with Gasteiger partial charge in [-0.3, -0.25) is 4.79 Å². The van der Waals surface area contributed by atoms with E-state index in [1.165, 1.54) is 4.90 Å². The largest absolute Gasteiger partial charge is 0.454 e. The molecule has 2 aromatic rings. The fraction of sp³-hybridized carbons (Fsp3) is 0.412. The molecule has 1 aliphatic heterocycles. The third kappa shape index (κ3) is 3.85. The van der Waals surface area contributed by atoms with Crippen LogP contribution in [0.4, 0.5) is 0 Å². The number of benzene rings is 1. The number of nitrogens with zero attached hydrogens (tertiary/aromatic N) is 1. The topological polar surface area (TPSA) is 71.0 Å². The normalized spacial score (nSPS) is 12.6. The van der Waals surface area contributed by atoms with E-state index in [0.717, 1.165) is 24.0 Å². The van der Waals surface area contributed by atoms with Crippen molar-refractivity contribution in [1.82, 2.24) is 15.2 Å². The van der Waals surface area contributed by atoms with Gasteiger partial charge in [-0.1, -0.05) is 0 Å². The lowest BCUT2D eigenvalue weighted by Gasteiger charge is -2.25. The highest BCUT2D eigenvalue weighted by atomic mass is 32.1. The van der Waals surface area contributed by atoms with Crippen molar-refractivity contribution >= 4 is 28.2 Å². The molecule has 0 saturated heterocycles. The summed E-state index contributed by atoms with van der Waals surface area (Å²) in [5.74, 6) is 1.35. The number of hydrogen-bond acceptors (Lipinski definition) is 4. The van der Waals surface area contributed by atoms with Gasteiger partial charge in [-0.2, -0.15) is 0 Å². The van der Waals surface area contributed by atoms with Crippen LogP contribution in [0.2, 0.25) is 0 Å². The molecular formula is C17H23N4O3S+. The van der Waals surface area contributed by atoms with Crippen LogP contribution in [-0.2, 0) is 6.54 Å². The summed E-state index contributed by atoms with van der Waals surface area (Å²) >= 11 is 5.39. The van der Waals surface area contributed by atoms with Crippen molar-refractivity contribution in [1.29, 1.82) is 0 Å². The van der Waals surface area contributed by atoms with Crippen LogP contribution in [0.1, 0.15) is 5.56 Å². The fourth-order valence-corrected chi connectivity index (χ4v) is 2.89. The van der Waals surface area contributed by atoms with E-state index in [0.29, 0.717) is 28.7 Å². The number of rotatable bonds is 5. The molecule has 2 heterocycles. The number of H-pyrrole nitrogens is 1. The molecule has 1 aromatic heterocycles. The van der Waals surface area contributed by atoms with E-state index in [4.69, 9.17) is 21.7 Å². The molecule has 0 radical (unpaired) electrons. The lowest BCUT2D eigenvalue weighted by atomic mass is 10.1. The lowest BCUT2D eigenvalue weighted by molar-refractivity contribution is -0.857. The minimum absolute atomic E-state index is 0.118. The van der Waals surface area contributed by atoms with E-state index in [2.05, 4.69) is 24.4 Å². The zero-order chi connectivity index (χ0) is 18.0. The predicted octanol–water partition coefficient (Wildman–Crippen LogP) is -0.292. The van der Waals surface area contributed by atoms with Crippen molar-refractivity contribution in [2.45, 2.75) is 6.54 Å². The number of ether oxygens (including phenoxy) is 2. The van der Waals surface area contributed by atoms with Crippen LogP contribution in [-0.4, -0.2) is 56.0 Å². The average Bonchev–Trinajstić information content (AvgIpc) is 3.03. The van der Waals surface area contributed by atoms with Gasteiger partial charge in [0.05, 0.1) is 39.2 Å². The monoisotopic (exact) mass is 363 g/mol. The summed E-state index contributed by atoms with van der Waals surface area (Å²) in [5.41, 5.74) is 1.28. The molecule has 0 aliphatic carbocycles. The Bertz CT molecular complexity index is 850. The van der Waals surface area contributed by atoms with E-state index in [9.17, 15) is 4.79 Å². The Hall–Kier alpha value is -2.32. The summed E-state index contributed by atoms with van der Waals surface area (Å²) in [6.45, 7) is 2.35. The molecule has 1 aliphatic rings. The third-order valence-electron chi connectivity index (χ3n) is 4.16. The highest BCUT2D eigenvalue weighted by molar-refractivity contribution is 7.80. The first-order valence-electron chi connectivity index (χ1n) is 8.19. The molecule has 0 saturated carbocycles. The second-order valence-corrected chi connectivity index (χ2v) is 6.74. The van der Waals surface area contributed by atoms with Crippen molar-refractivity contribution in [3.63, 3.8) is 0 Å². The molecular weight excluding hydrogens is 340 g/mol. The number of quaternary nitrogens is 1. The first-order valence-corrected chi connectivity index (χ1v) is 8.60. The maximum Gasteiger partial charge on any atom is 0.253 e. The number of fused-ring (bicyclic) bond motifs is 2. The Kier molecular flexibility index (Phi) is 5.10. The van der Waals surface area contributed by atoms with Crippen molar-refractivity contribution < 1.29 is 14.4 Å². The molecule has 1 aromatic carbocycles. The zero-order valence-corrected chi connectivity index (χ0v) is 15.5. The second kappa shape index (κ2) is 7.28. The Balaban J connectivity index is 1.90. The lowest BCUT2D eigenvalue weighted by Crippen LogP contribution is -3.06. The van der Waals surface area contributed by atoms with Crippen LogP contribution in [0, 0.1) is 0 Å². The molecule has 0 fully saturated rings. The molecule has 25 heavy (non-hydrogen) atoms. The summed E-state index contributed by atoms with van der Waals surface area (Å²) in [5, 5.41) is 4.54. The van der Waals surface area contributed by atoms with Gasteiger partial charge < -0.3 is 29.6 Å². The third-order valence-corrected chi connectivity index (χ3v) is 4.62. The standard InChI is InChI=1S/C17H22N4O3S/c1-18-17(25)21(5-4-20(2)3)9-12-6-11-7-14-15(24-10-23-14)8-13(11)19-16(12)22/h6-8H,4-5,9-10H2,1-3H3,(H,18,25)(H,19,22)/p+1. The van der Waals surface area contributed by atoms with E-state index >= 15 is 0 Å². The fourth-order valence-electron chi connectivity index (χ4n) is 2.73. The molecule has 3 rings (SSSR count). The highest BCUT2D eigenvalue weighted by Crippen LogP contribution is 2.35. The molecule has 7 nitrogen and oxygen atoms in total. The van der Waals surface area contributed by atoms with E-state index in [1.807, 2.05) is 17.0 Å². The summed E-state index contributed by atoms with van der Waals surface area (Å²) in [6, 6.07) is 5.58. The van der Waals surface area contributed by atoms with E-state index < -0.39 is 0 Å². The number of aromatic amines is 1. The van der Waals surface area contributed by atoms with Gasteiger partial charge in [-0.25, -0.2) is 0 Å². The second-order valence-electron chi connectivity index (χ2n) is 6.35. The van der Waals surface area contributed by atoms with Gasteiger partial charge in [0.25, 0.3) is 5.56 Å². The number of likely N-dealkylation sites (N-methyl/N-ethyl adjacent to an activating group) is 1. The van der Waals surface area contributed by atoms with Gasteiger partial charge in [0.1, 0.15) is 0 Å². The van der Waals surface area contributed by atoms with Crippen molar-refractivity contribution in [3.8, 4) is 11.5 Å². The molecule has 134 valence electrons. The summed E-state index contributed by atoms with van der Waals surface area (Å²) in [4.78, 5) is 18.8. The van der Waals surface area contributed by atoms with Crippen molar-refractivity contribution in [2.24, 2.45) is 0 Å². The Morgan fingerprint density at radius 3 is 2.72 bits per heavy atom. The number of aromatic nitrogens is 1. The smallest absolute Gasteiger partial charge is 0.253 e. The van der Waals surface area contributed by atoms with Gasteiger partial charge in [0.2, 0.25) is 6.79 Å². The number of nitrogens with one attached hydrogen (secondary N) is 3. The zero-order valence-electron chi connectivity index (χ0n) is 14.6. The summed E-state index contributed by atoms with van der Waals surface area (Å²) in [7, 11) is 5.97. The van der Waals surface area contributed by atoms with Crippen LogP contribution in [0.15, 0.2) is 23.0 Å². The van der Waals surface area contributed by atoms with Gasteiger partial charge >= 0.3 is 0 Å². The Labute approximate surface area is 151 Å². The van der Waals surface area contributed by atoms with Crippen LogP contribution in [0.5, 0.6) is 11.5 Å². The highest BCUT2D eigenvalue weighted by Gasteiger charge is 2.17. The van der Waals surface area contributed by atoms with Gasteiger partial charge in [-0.05, 0) is 24.4 Å². The average molecular weight is 363 g/mol. The number of hydrogen-bond donors (Lipinski definition) is 3. The van der Waals surface area contributed by atoms with Crippen molar-refractivity contribution in [2.75, 3.05) is 41.0 Å². The Morgan fingerprint density at radius 1 is 1.32 bits per heavy atom. The first kappa shape index (κ1) is 17.5. The van der Waals surface area contributed by atoms with Crippen molar-refractivity contribution in [3.05, 3.63) is 34.1 Å². The summed E-state index contributed by atoms with van der Waals surface area (Å²) < 4.78 is 10.8. The maximum absolute atomic E-state index is 12.5. The molecule has 0 spiro atoms. The quantitative estimate of drug-likeness (QED) is 0.634. The van der Waals surface area contributed by atoms with Crippen LogP contribution in [0.3, 0.4) is 0 Å². The maximum atomic E-state index is 12.5. The first-order chi connectivity index (χ1) is 12.0. The van der Waals surface area contributed by atoms with E-state index in [1.54, 1.807) is 13.1 Å². The minimum Gasteiger partial charge on any atom is -0.454 e. The SMILES string of the molecule is CNC(=S)N(CC[NH+](C)C)Cc1cc2cc3c(cc2[nH]c1=O)OCO3. The van der Waals surface area contributed by atoms with Crippen LogP contribution >= 0.6 is 12.2 Å². The van der Waals surface area contributed by atoms with E-state index in [-0.39, 0.29) is 12.4 Å².